The van der Waals surface area contributed by atoms with Gasteiger partial charge < -0.3 is 4.74 Å². The summed E-state index contributed by atoms with van der Waals surface area (Å²) in [6.07, 6.45) is 0. The lowest BCUT2D eigenvalue weighted by Crippen LogP contribution is -2.55. The quantitative estimate of drug-likeness (QED) is 0.435. The highest BCUT2D eigenvalue weighted by atomic mass is 16.5. The van der Waals surface area contributed by atoms with Crippen molar-refractivity contribution in [2.24, 2.45) is 5.84 Å². The number of carbonyl (C=O) groups excluding carboxylic acids is 1. The molecule has 2 unspecified atom stereocenters. The summed E-state index contributed by atoms with van der Waals surface area (Å²) >= 11 is 0. The Morgan fingerprint density at radius 1 is 1.13 bits per heavy atom. The standard InChI is InChI=1S/C24H34N4O2/c1-24(2,3)28-15-14-27(22(17-28)19-10-12-20(30-4)13-11-19)16-21(23(29)26-25)18-8-6-5-7-9-18/h5-13,21-22H,14-17,25H2,1-4H3,(H,26,29). The van der Waals surface area contributed by atoms with Crippen LogP contribution < -0.4 is 16.0 Å². The van der Waals surface area contributed by atoms with Gasteiger partial charge in [-0.15, -0.1) is 0 Å². The smallest absolute Gasteiger partial charge is 0.242 e. The minimum Gasteiger partial charge on any atom is -0.497 e. The third-order valence-corrected chi connectivity index (χ3v) is 6.02. The molecular formula is C24H34N4O2. The second kappa shape index (κ2) is 9.60. The Balaban J connectivity index is 1.90. The van der Waals surface area contributed by atoms with E-state index in [1.165, 1.54) is 5.56 Å². The Bertz CT molecular complexity index is 817. The van der Waals surface area contributed by atoms with Crippen molar-refractivity contribution in [3.8, 4) is 5.75 Å². The Hall–Kier alpha value is -2.41. The first kappa shape index (κ1) is 22.3. The van der Waals surface area contributed by atoms with Crippen molar-refractivity contribution in [1.82, 2.24) is 15.2 Å². The first-order valence-corrected chi connectivity index (χ1v) is 10.5. The molecule has 1 fully saturated rings. The number of ether oxygens (including phenoxy) is 1. The van der Waals surface area contributed by atoms with Crippen LogP contribution in [0.25, 0.3) is 0 Å². The number of amides is 1. The highest BCUT2D eigenvalue weighted by molar-refractivity contribution is 5.83. The number of nitrogens with zero attached hydrogens (tertiary/aromatic N) is 2. The van der Waals surface area contributed by atoms with E-state index >= 15 is 0 Å². The van der Waals surface area contributed by atoms with Gasteiger partial charge in [-0.3, -0.25) is 20.0 Å². The number of hydrazine groups is 1. The number of hydrogen-bond donors (Lipinski definition) is 2. The van der Waals surface area contributed by atoms with Crippen LogP contribution in [0.1, 0.15) is 43.9 Å². The zero-order valence-electron chi connectivity index (χ0n) is 18.5. The molecule has 1 heterocycles. The van der Waals surface area contributed by atoms with Crippen LogP contribution in [-0.2, 0) is 4.79 Å². The van der Waals surface area contributed by atoms with Crippen molar-refractivity contribution in [2.75, 3.05) is 33.3 Å². The monoisotopic (exact) mass is 410 g/mol. The van der Waals surface area contributed by atoms with E-state index < -0.39 is 0 Å². The van der Waals surface area contributed by atoms with Crippen molar-refractivity contribution >= 4 is 5.91 Å². The second-order valence-corrected chi connectivity index (χ2v) is 8.87. The molecule has 0 radical (unpaired) electrons. The molecule has 0 aromatic heterocycles. The zero-order valence-corrected chi connectivity index (χ0v) is 18.5. The molecule has 0 aliphatic carbocycles. The van der Waals surface area contributed by atoms with Crippen molar-refractivity contribution in [3.05, 3.63) is 65.7 Å². The molecule has 3 rings (SSSR count). The van der Waals surface area contributed by atoms with Crippen LogP contribution in [0.4, 0.5) is 0 Å². The van der Waals surface area contributed by atoms with Crippen molar-refractivity contribution in [2.45, 2.75) is 38.3 Å². The number of carbonyl (C=O) groups is 1. The number of nitrogens with one attached hydrogen (secondary N) is 1. The zero-order chi connectivity index (χ0) is 21.7. The molecule has 0 bridgehead atoms. The largest absolute Gasteiger partial charge is 0.497 e. The average Bonchev–Trinajstić information content (AvgIpc) is 2.77. The first-order chi connectivity index (χ1) is 14.3. The minimum absolute atomic E-state index is 0.0876. The molecule has 30 heavy (non-hydrogen) atoms. The fraction of sp³-hybridized carbons (Fsp3) is 0.458. The number of benzene rings is 2. The molecule has 1 aliphatic heterocycles. The van der Waals surface area contributed by atoms with Crippen LogP contribution in [-0.4, -0.2) is 54.5 Å². The lowest BCUT2D eigenvalue weighted by molar-refractivity contribution is -0.123. The number of piperazine rings is 1. The van der Waals surface area contributed by atoms with E-state index in [9.17, 15) is 4.79 Å². The van der Waals surface area contributed by atoms with Gasteiger partial charge >= 0.3 is 0 Å². The molecule has 1 amide bonds. The highest BCUT2D eigenvalue weighted by Crippen LogP contribution is 2.32. The molecule has 0 spiro atoms. The maximum absolute atomic E-state index is 12.6. The fourth-order valence-electron chi connectivity index (χ4n) is 4.15. The lowest BCUT2D eigenvalue weighted by atomic mass is 9.93. The fourth-order valence-corrected chi connectivity index (χ4v) is 4.15. The Morgan fingerprint density at radius 3 is 2.37 bits per heavy atom. The van der Waals surface area contributed by atoms with Crippen LogP contribution in [0.3, 0.4) is 0 Å². The summed E-state index contributed by atoms with van der Waals surface area (Å²) < 4.78 is 5.34. The molecule has 3 N–H and O–H groups in total. The van der Waals surface area contributed by atoms with Crippen molar-refractivity contribution < 1.29 is 9.53 Å². The maximum atomic E-state index is 12.6. The van der Waals surface area contributed by atoms with Gasteiger partial charge in [-0.25, -0.2) is 5.84 Å². The number of methoxy groups -OCH3 is 1. The molecule has 0 saturated carbocycles. The van der Waals surface area contributed by atoms with E-state index in [1.54, 1.807) is 7.11 Å². The summed E-state index contributed by atoms with van der Waals surface area (Å²) in [6.45, 7) is 10.1. The molecule has 2 atom stereocenters. The summed E-state index contributed by atoms with van der Waals surface area (Å²) in [7, 11) is 1.68. The van der Waals surface area contributed by atoms with E-state index in [4.69, 9.17) is 10.6 Å². The van der Waals surface area contributed by atoms with Gasteiger partial charge in [0.05, 0.1) is 13.0 Å². The minimum atomic E-state index is -0.321. The van der Waals surface area contributed by atoms with E-state index in [1.807, 2.05) is 42.5 Å². The Labute approximate surface area is 180 Å². The Morgan fingerprint density at radius 2 is 1.80 bits per heavy atom. The van der Waals surface area contributed by atoms with Crippen LogP contribution in [0.15, 0.2) is 54.6 Å². The molecule has 1 saturated heterocycles. The Kier molecular flexibility index (Phi) is 7.13. The van der Waals surface area contributed by atoms with Gasteiger partial charge in [-0.2, -0.15) is 0 Å². The van der Waals surface area contributed by atoms with Crippen LogP contribution in [0.2, 0.25) is 0 Å². The van der Waals surface area contributed by atoms with Gasteiger partial charge in [-0.05, 0) is 44.0 Å². The molecular weight excluding hydrogens is 376 g/mol. The lowest BCUT2D eigenvalue weighted by Gasteiger charge is -2.47. The van der Waals surface area contributed by atoms with E-state index in [0.717, 1.165) is 30.9 Å². The molecule has 162 valence electrons. The van der Waals surface area contributed by atoms with Gasteiger partial charge in [0, 0.05) is 37.8 Å². The summed E-state index contributed by atoms with van der Waals surface area (Å²) in [4.78, 5) is 17.6. The van der Waals surface area contributed by atoms with E-state index in [2.05, 4.69) is 48.1 Å². The highest BCUT2D eigenvalue weighted by Gasteiger charge is 2.35. The number of nitrogens with two attached hydrogens (primary N) is 1. The van der Waals surface area contributed by atoms with Crippen LogP contribution in [0, 0.1) is 0 Å². The van der Waals surface area contributed by atoms with Crippen LogP contribution in [0.5, 0.6) is 5.75 Å². The SMILES string of the molecule is COc1ccc(C2CN(C(C)(C)C)CCN2CC(C(=O)NN)c2ccccc2)cc1. The number of hydrogen-bond acceptors (Lipinski definition) is 5. The average molecular weight is 411 g/mol. The van der Waals surface area contributed by atoms with Crippen molar-refractivity contribution in [3.63, 3.8) is 0 Å². The predicted molar refractivity (Wildman–Crippen MR) is 120 cm³/mol. The maximum Gasteiger partial charge on any atom is 0.242 e. The molecule has 2 aromatic rings. The summed E-state index contributed by atoms with van der Waals surface area (Å²) in [5.41, 5.74) is 4.66. The molecule has 1 aliphatic rings. The van der Waals surface area contributed by atoms with Gasteiger partial charge in [0.2, 0.25) is 5.91 Å². The summed E-state index contributed by atoms with van der Waals surface area (Å²) in [6, 6.07) is 18.3. The van der Waals surface area contributed by atoms with Gasteiger partial charge in [0.1, 0.15) is 5.75 Å². The molecule has 6 heteroatoms. The van der Waals surface area contributed by atoms with Gasteiger partial charge in [-0.1, -0.05) is 42.5 Å². The van der Waals surface area contributed by atoms with E-state index in [-0.39, 0.29) is 23.4 Å². The summed E-state index contributed by atoms with van der Waals surface area (Å²) in [5.74, 6) is 5.90. The predicted octanol–water partition coefficient (Wildman–Crippen LogP) is 2.93. The normalized spacial score (nSPS) is 19.3. The third-order valence-electron chi connectivity index (χ3n) is 6.02. The first-order valence-electron chi connectivity index (χ1n) is 10.5. The molecule has 2 aromatic carbocycles. The summed E-state index contributed by atoms with van der Waals surface area (Å²) in [5, 5.41) is 0. The van der Waals surface area contributed by atoms with Gasteiger partial charge in [0.15, 0.2) is 0 Å². The van der Waals surface area contributed by atoms with E-state index in [0.29, 0.717) is 6.54 Å². The third kappa shape index (κ3) is 5.19. The van der Waals surface area contributed by atoms with Gasteiger partial charge in [0.25, 0.3) is 0 Å². The topological polar surface area (TPSA) is 70.8 Å². The van der Waals surface area contributed by atoms with Crippen molar-refractivity contribution in [1.29, 1.82) is 0 Å². The second-order valence-electron chi connectivity index (χ2n) is 8.87. The molecule has 6 nitrogen and oxygen atoms in total. The number of rotatable bonds is 6. The van der Waals surface area contributed by atoms with Crippen LogP contribution >= 0.6 is 0 Å².